The molecule has 5 nitrogen and oxygen atoms in total. The lowest BCUT2D eigenvalue weighted by atomic mass is 10.1. The number of pyridine rings is 1. The molecular weight excluding hydrogens is 316 g/mol. The number of likely N-dealkylation sites (N-methyl/N-ethyl adjacent to an activating group) is 1. The Balaban J connectivity index is 1.76. The smallest absolute Gasteiger partial charge is 0.407 e. The highest BCUT2D eigenvalue weighted by Gasteiger charge is 2.49. The van der Waals surface area contributed by atoms with E-state index >= 15 is 0 Å². The van der Waals surface area contributed by atoms with Gasteiger partial charge >= 0.3 is 6.09 Å². The predicted octanol–water partition coefficient (Wildman–Crippen LogP) is 3.92. The first-order valence-electron chi connectivity index (χ1n) is 7.32. The minimum atomic E-state index is -0.940. The molecule has 1 aliphatic carbocycles. The lowest BCUT2D eigenvalue weighted by molar-refractivity contribution is 0.109. The van der Waals surface area contributed by atoms with Gasteiger partial charge in [0.25, 0.3) is 0 Å². The van der Waals surface area contributed by atoms with E-state index in [2.05, 4.69) is 4.98 Å². The molecular formula is C17H17ClN2O3. The van der Waals surface area contributed by atoms with Crippen molar-refractivity contribution in [1.29, 1.82) is 0 Å². The molecule has 0 unspecified atom stereocenters. The summed E-state index contributed by atoms with van der Waals surface area (Å²) in [6.45, 7) is 0.313. The zero-order chi connectivity index (χ0) is 16.4. The van der Waals surface area contributed by atoms with Crippen molar-refractivity contribution in [1.82, 2.24) is 9.88 Å². The summed E-state index contributed by atoms with van der Waals surface area (Å²) in [7, 11) is 1.58. The molecule has 2 aromatic rings. The Morgan fingerprint density at radius 3 is 2.70 bits per heavy atom. The lowest BCUT2D eigenvalue weighted by Crippen LogP contribution is -2.42. The molecule has 1 aliphatic rings. The number of rotatable bonds is 5. The predicted molar refractivity (Wildman–Crippen MR) is 87.9 cm³/mol. The van der Waals surface area contributed by atoms with Crippen LogP contribution in [0.15, 0.2) is 42.6 Å². The number of hydrogen-bond acceptors (Lipinski definition) is 3. The average Bonchev–Trinajstić information content (AvgIpc) is 3.35. The second-order valence-corrected chi connectivity index (χ2v) is 6.09. The second kappa shape index (κ2) is 6.08. The normalized spacial score (nSPS) is 15.0. The molecule has 0 aliphatic heterocycles. The Bertz CT molecular complexity index is 717. The van der Waals surface area contributed by atoms with Crippen molar-refractivity contribution < 1.29 is 14.6 Å². The maximum atomic E-state index is 11.1. The van der Waals surface area contributed by atoms with Gasteiger partial charge in [0, 0.05) is 12.6 Å². The van der Waals surface area contributed by atoms with E-state index < -0.39 is 11.6 Å². The minimum absolute atomic E-state index is 0.313. The average molecular weight is 333 g/mol. The number of carboxylic acid groups (broad SMARTS) is 1. The fourth-order valence-corrected chi connectivity index (χ4v) is 2.68. The summed E-state index contributed by atoms with van der Waals surface area (Å²) < 4.78 is 5.80. The zero-order valence-electron chi connectivity index (χ0n) is 12.7. The monoisotopic (exact) mass is 332 g/mol. The SMILES string of the molecule is CN(C(=O)O)C1(COc2cnc(Cl)c(-c3ccccc3)c2)CC1. The first kappa shape index (κ1) is 15.6. The van der Waals surface area contributed by atoms with E-state index in [9.17, 15) is 4.79 Å². The summed E-state index contributed by atoms with van der Waals surface area (Å²) in [6.07, 6.45) is 2.24. The van der Waals surface area contributed by atoms with Crippen LogP contribution in [0, 0.1) is 0 Å². The first-order valence-corrected chi connectivity index (χ1v) is 7.70. The first-order chi connectivity index (χ1) is 11.0. The number of ether oxygens (including phenoxy) is 1. The molecule has 1 N–H and O–H groups in total. The van der Waals surface area contributed by atoms with E-state index in [0.29, 0.717) is 17.5 Å². The molecule has 23 heavy (non-hydrogen) atoms. The topological polar surface area (TPSA) is 62.7 Å². The van der Waals surface area contributed by atoms with Gasteiger partial charge in [-0.25, -0.2) is 9.78 Å². The molecule has 120 valence electrons. The molecule has 6 heteroatoms. The highest BCUT2D eigenvalue weighted by atomic mass is 35.5. The summed E-state index contributed by atoms with van der Waals surface area (Å²) in [5, 5.41) is 9.53. The molecule has 1 aromatic heterocycles. The van der Waals surface area contributed by atoms with Crippen LogP contribution in [0.4, 0.5) is 4.79 Å². The van der Waals surface area contributed by atoms with Gasteiger partial charge in [0.1, 0.15) is 17.5 Å². The van der Waals surface area contributed by atoms with Crippen LogP contribution in [0.5, 0.6) is 5.75 Å². The van der Waals surface area contributed by atoms with Crippen molar-refractivity contribution in [3.8, 4) is 16.9 Å². The van der Waals surface area contributed by atoms with Crippen LogP contribution in [0.3, 0.4) is 0 Å². The molecule has 1 fully saturated rings. The number of amides is 1. The van der Waals surface area contributed by atoms with Gasteiger partial charge in [-0.05, 0) is 24.5 Å². The van der Waals surface area contributed by atoms with Crippen LogP contribution in [-0.2, 0) is 0 Å². The van der Waals surface area contributed by atoms with Gasteiger partial charge in [-0.2, -0.15) is 0 Å². The van der Waals surface area contributed by atoms with Gasteiger partial charge in [0.15, 0.2) is 0 Å². The molecule has 1 heterocycles. The van der Waals surface area contributed by atoms with Crippen molar-refractivity contribution in [3.63, 3.8) is 0 Å². The van der Waals surface area contributed by atoms with E-state index in [1.165, 1.54) is 4.90 Å². The van der Waals surface area contributed by atoms with Gasteiger partial charge in [-0.1, -0.05) is 41.9 Å². The van der Waals surface area contributed by atoms with E-state index in [-0.39, 0.29) is 0 Å². The fraction of sp³-hybridized carbons (Fsp3) is 0.294. The molecule has 0 radical (unpaired) electrons. The van der Waals surface area contributed by atoms with E-state index in [4.69, 9.17) is 21.4 Å². The number of halogens is 1. The number of aromatic nitrogens is 1. The van der Waals surface area contributed by atoms with Crippen molar-refractivity contribution >= 4 is 17.7 Å². The number of carbonyl (C=O) groups is 1. The van der Waals surface area contributed by atoms with Crippen molar-refractivity contribution in [3.05, 3.63) is 47.7 Å². The Kier molecular flexibility index (Phi) is 4.13. The highest BCUT2D eigenvalue weighted by Crippen LogP contribution is 2.41. The third-order valence-electron chi connectivity index (χ3n) is 4.23. The van der Waals surface area contributed by atoms with Crippen LogP contribution in [0.2, 0.25) is 5.15 Å². The van der Waals surface area contributed by atoms with Crippen molar-refractivity contribution in [2.24, 2.45) is 0 Å². The third kappa shape index (κ3) is 3.24. The van der Waals surface area contributed by atoms with Crippen LogP contribution in [-0.4, -0.2) is 40.3 Å². The van der Waals surface area contributed by atoms with Crippen LogP contribution in [0.1, 0.15) is 12.8 Å². The molecule has 0 atom stereocenters. The number of benzene rings is 1. The summed E-state index contributed by atoms with van der Waals surface area (Å²) in [6, 6.07) is 11.5. The summed E-state index contributed by atoms with van der Waals surface area (Å²) in [5.41, 5.74) is 1.33. The van der Waals surface area contributed by atoms with Crippen molar-refractivity contribution in [2.75, 3.05) is 13.7 Å². The number of nitrogens with zero attached hydrogens (tertiary/aromatic N) is 2. The van der Waals surface area contributed by atoms with E-state index in [0.717, 1.165) is 24.0 Å². The summed E-state index contributed by atoms with van der Waals surface area (Å²) in [4.78, 5) is 16.6. The zero-order valence-corrected chi connectivity index (χ0v) is 13.5. The molecule has 3 rings (SSSR count). The quantitative estimate of drug-likeness (QED) is 0.843. The molecule has 1 amide bonds. The minimum Gasteiger partial charge on any atom is -0.489 e. The van der Waals surface area contributed by atoms with Crippen LogP contribution >= 0.6 is 11.6 Å². The van der Waals surface area contributed by atoms with Gasteiger partial charge in [-0.15, -0.1) is 0 Å². The van der Waals surface area contributed by atoms with Crippen molar-refractivity contribution in [2.45, 2.75) is 18.4 Å². The Morgan fingerprint density at radius 2 is 2.09 bits per heavy atom. The molecule has 1 saturated carbocycles. The van der Waals surface area contributed by atoms with Gasteiger partial charge in [0.05, 0.1) is 11.7 Å². The Labute approximate surface area is 139 Å². The third-order valence-corrected chi connectivity index (χ3v) is 4.53. The molecule has 0 saturated heterocycles. The standard InChI is InChI=1S/C17H17ClN2O3/c1-20(16(21)22)17(7-8-17)11-23-13-9-14(15(18)19-10-13)12-5-3-2-4-6-12/h2-6,9-10H,7-8,11H2,1H3,(H,21,22). The lowest BCUT2D eigenvalue weighted by Gasteiger charge is -2.25. The Hall–Kier alpha value is -2.27. The molecule has 1 aromatic carbocycles. The van der Waals surface area contributed by atoms with Gasteiger partial charge in [-0.3, -0.25) is 0 Å². The molecule has 0 bridgehead atoms. The van der Waals surface area contributed by atoms with Crippen LogP contribution < -0.4 is 4.74 Å². The maximum Gasteiger partial charge on any atom is 0.407 e. The molecule has 0 spiro atoms. The summed E-state index contributed by atoms with van der Waals surface area (Å²) >= 11 is 6.17. The Morgan fingerprint density at radius 1 is 1.39 bits per heavy atom. The number of hydrogen-bond donors (Lipinski definition) is 1. The highest BCUT2D eigenvalue weighted by molar-refractivity contribution is 6.32. The largest absolute Gasteiger partial charge is 0.489 e. The van der Waals surface area contributed by atoms with Gasteiger partial charge < -0.3 is 14.7 Å². The summed E-state index contributed by atoms with van der Waals surface area (Å²) in [5.74, 6) is 0.582. The van der Waals surface area contributed by atoms with E-state index in [1.54, 1.807) is 13.2 Å². The fourth-order valence-electron chi connectivity index (χ4n) is 2.47. The maximum absolute atomic E-state index is 11.1. The van der Waals surface area contributed by atoms with E-state index in [1.807, 2.05) is 36.4 Å². The van der Waals surface area contributed by atoms with Crippen LogP contribution in [0.25, 0.3) is 11.1 Å². The second-order valence-electron chi connectivity index (χ2n) is 5.73. The van der Waals surface area contributed by atoms with Gasteiger partial charge in [0.2, 0.25) is 0 Å².